The van der Waals surface area contributed by atoms with Gasteiger partial charge in [-0.2, -0.15) is 0 Å². The predicted octanol–water partition coefficient (Wildman–Crippen LogP) is 2.96. The normalized spacial score (nSPS) is 13.2. The second-order valence-corrected chi connectivity index (χ2v) is 8.78. The van der Waals surface area contributed by atoms with Crippen molar-refractivity contribution in [3.8, 4) is 0 Å². The van der Waals surface area contributed by atoms with E-state index in [4.69, 9.17) is 4.42 Å². The lowest BCUT2D eigenvalue weighted by molar-refractivity contribution is -0.132. The van der Waals surface area contributed by atoms with Gasteiger partial charge in [0.2, 0.25) is 5.91 Å². The van der Waals surface area contributed by atoms with Crippen molar-refractivity contribution in [2.24, 2.45) is 0 Å². The molecule has 2 rings (SSSR count). The smallest absolute Gasteiger partial charge is 0.252 e. The Morgan fingerprint density at radius 3 is 2.62 bits per heavy atom. The topological polar surface area (TPSA) is 70.8 Å². The quantitative estimate of drug-likeness (QED) is 0.716. The molecule has 0 saturated carbocycles. The van der Waals surface area contributed by atoms with Crippen LogP contribution in [0.3, 0.4) is 0 Å². The summed E-state index contributed by atoms with van der Waals surface area (Å²) in [4.78, 5) is 13.9. The van der Waals surface area contributed by atoms with Gasteiger partial charge in [0.05, 0.1) is 12.3 Å². The summed E-state index contributed by atoms with van der Waals surface area (Å²) in [5.41, 5.74) is 0. The third-order valence-electron chi connectivity index (χ3n) is 3.95. The lowest BCUT2D eigenvalue weighted by Crippen LogP contribution is -2.31. The van der Waals surface area contributed by atoms with E-state index in [1.165, 1.54) is 22.7 Å². The zero-order valence-electron chi connectivity index (χ0n) is 14.0. The van der Waals surface area contributed by atoms with E-state index in [1.54, 1.807) is 41.8 Å². The van der Waals surface area contributed by atoms with Gasteiger partial charge >= 0.3 is 0 Å². The molecule has 0 aromatic carbocycles. The molecule has 0 bridgehead atoms. The van der Waals surface area contributed by atoms with Gasteiger partial charge in [-0.15, -0.1) is 11.3 Å². The lowest BCUT2D eigenvalue weighted by atomic mass is 10.2. The number of hydrogen-bond acceptors (Lipinski definition) is 5. The minimum atomic E-state index is -3.45. The van der Waals surface area contributed by atoms with Gasteiger partial charge in [0.15, 0.2) is 0 Å². The van der Waals surface area contributed by atoms with Crippen LogP contribution in [0.4, 0.5) is 0 Å². The third-order valence-corrected chi connectivity index (χ3v) is 7.18. The van der Waals surface area contributed by atoms with Crippen LogP contribution in [-0.2, 0) is 14.8 Å². The maximum Gasteiger partial charge on any atom is 0.252 e. The molecule has 6 nitrogen and oxygen atoms in total. The average Bonchev–Trinajstić information content (AvgIpc) is 3.25. The highest BCUT2D eigenvalue weighted by molar-refractivity contribution is 7.91. The van der Waals surface area contributed by atoms with Gasteiger partial charge < -0.3 is 9.32 Å². The fraction of sp³-hybridized carbons (Fsp3) is 0.438. The van der Waals surface area contributed by atoms with Crippen LogP contribution in [0.1, 0.15) is 31.6 Å². The molecule has 0 aliphatic carbocycles. The largest absolute Gasteiger partial charge is 0.467 e. The van der Waals surface area contributed by atoms with E-state index in [1.807, 2.05) is 13.0 Å². The van der Waals surface area contributed by atoms with Gasteiger partial charge in [0.25, 0.3) is 10.0 Å². The maximum absolute atomic E-state index is 12.3. The van der Waals surface area contributed by atoms with Crippen molar-refractivity contribution < 1.29 is 17.6 Å². The standard InChI is InChI=1S/C16H22N2O4S2/c1-13(14-7-5-11-22-14)18(3)15(19)8-4-10-17(2)24(20,21)16-9-6-12-23-16/h5-7,9,11-13H,4,8,10H2,1-3H3. The van der Waals surface area contributed by atoms with Crippen molar-refractivity contribution in [3.63, 3.8) is 0 Å². The van der Waals surface area contributed by atoms with Crippen LogP contribution in [0.2, 0.25) is 0 Å². The molecule has 1 unspecified atom stereocenters. The number of amides is 1. The van der Waals surface area contributed by atoms with Crippen molar-refractivity contribution in [1.82, 2.24) is 9.21 Å². The summed E-state index contributed by atoms with van der Waals surface area (Å²) in [6.45, 7) is 2.19. The number of sulfonamides is 1. The zero-order chi connectivity index (χ0) is 17.7. The molecule has 0 saturated heterocycles. The molecule has 0 fully saturated rings. The summed E-state index contributed by atoms with van der Waals surface area (Å²) in [5, 5.41) is 1.73. The molecule has 2 aromatic heterocycles. The first kappa shape index (κ1) is 18.7. The molecule has 0 aliphatic rings. The summed E-state index contributed by atoms with van der Waals surface area (Å²) in [6.07, 6.45) is 2.33. The highest BCUT2D eigenvalue weighted by Gasteiger charge is 2.23. The summed E-state index contributed by atoms with van der Waals surface area (Å²) in [6, 6.07) is 6.75. The lowest BCUT2D eigenvalue weighted by Gasteiger charge is -2.24. The van der Waals surface area contributed by atoms with Crippen LogP contribution >= 0.6 is 11.3 Å². The Kier molecular flexibility index (Phi) is 6.20. The fourth-order valence-corrected chi connectivity index (χ4v) is 4.66. The molecule has 132 valence electrons. The number of nitrogens with zero attached hydrogens (tertiary/aromatic N) is 2. The maximum atomic E-state index is 12.3. The highest BCUT2D eigenvalue weighted by atomic mass is 32.2. The molecule has 0 radical (unpaired) electrons. The zero-order valence-corrected chi connectivity index (χ0v) is 15.6. The first-order valence-corrected chi connectivity index (χ1v) is 9.95. The van der Waals surface area contributed by atoms with Crippen molar-refractivity contribution in [2.75, 3.05) is 20.6 Å². The molecule has 1 atom stereocenters. The Balaban J connectivity index is 1.84. The molecule has 1 amide bonds. The fourth-order valence-electron chi connectivity index (χ4n) is 2.25. The van der Waals surface area contributed by atoms with E-state index in [0.717, 1.165) is 5.76 Å². The monoisotopic (exact) mass is 370 g/mol. The van der Waals surface area contributed by atoms with Gasteiger partial charge in [0, 0.05) is 27.1 Å². The Hall–Kier alpha value is -1.64. The number of carbonyl (C=O) groups is 1. The summed E-state index contributed by atoms with van der Waals surface area (Å²) in [5.74, 6) is 0.684. The number of hydrogen-bond donors (Lipinski definition) is 0. The van der Waals surface area contributed by atoms with Gasteiger partial charge in [-0.25, -0.2) is 12.7 Å². The molecule has 8 heteroatoms. The molecule has 2 aromatic rings. The number of rotatable bonds is 8. The molecule has 0 aliphatic heterocycles. The SMILES string of the molecule is CC(c1ccco1)N(C)C(=O)CCCN(C)S(=O)(=O)c1cccs1. The molecule has 0 spiro atoms. The van der Waals surface area contributed by atoms with Crippen molar-refractivity contribution >= 4 is 27.3 Å². The summed E-state index contributed by atoms with van der Waals surface area (Å²) >= 11 is 1.19. The van der Waals surface area contributed by atoms with Crippen LogP contribution in [0.25, 0.3) is 0 Å². The molecule has 2 heterocycles. The van der Waals surface area contributed by atoms with E-state index < -0.39 is 10.0 Å². The van der Waals surface area contributed by atoms with E-state index >= 15 is 0 Å². The number of furan rings is 1. The first-order chi connectivity index (χ1) is 11.3. The van der Waals surface area contributed by atoms with Crippen LogP contribution in [0.5, 0.6) is 0 Å². The van der Waals surface area contributed by atoms with Crippen molar-refractivity contribution in [1.29, 1.82) is 0 Å². The highest BCUT2D eigenvalue weighted by Crippen LogP contribution is 2.21. The van der Waals surface area contributed by atoms with Crippen LogP contribution in [-0.4, -0.2) is 44.2 Å². The van der Waals surface area contributed by atoms with Crippen molar-refractivity contribution in [3.05, 3.63) is 41.7 Å². The molecular formula is C16H22N2O4S2. The Bertz CT molecular complexity index is 739. The molecule has 0 N–H and O–H groups in total. The first-order valence-electron chi connectivity index (χ1n) is 7.63. The van der Waals surface area contributed by atoms with Crippen LogP contribution in [0.15, 0.2) is 44.5 Å². The second-order valence-electron chi connectivity index (χ2n) is 5.56. The van der Waals surface area contributed by atoms with Crippen molar-refractivity contribution in [2.45, 2.75) is 30.0 Å². The Labute approximate surface area is 146 Å². The van der Waals surface area contributed by atoms with Crippen LogP contribution in [0, 0.1) is 0 Å². The van der Waals surface area contributed by atoms with Gasteiger partial charge in [-0.05, 0) is 36.9 Å². The van der Waals surface area contributed by atoms with Gasteiger partial charge in [-0.1, -0.05) is 6.07 Å². The van der Waals surface area contributed by atoms with E-state index in [2.05, 4.69) is 0 Å². The minimum absolute atomic E-state index is 0.0409. The van der Waals surface area contributed by atoms with Gasteiger partial charge in [-0.3, -0.25) is 4.79 Å². The van der Waals surface area contributed by atoms with E-state index in [-0.39, 0.29) is 18.4 Å². The van der Waals surface area contributed by atoms with E-state index in [0.29, 0.717) is 17.2 Å². The number of thiophene rings is 1. The predicted molar refractivity (Wildman–Crippen MR) is 93.3 cm³/mol. The molecule has 24 heavy (non-hydrogen) atoms. The van der Waals surface area contributed by atoms with E-state index in [9.17, 15) is 13.2 Å². The Morgan fingerprint density at radius 1 is 1.29 bits per heavy atom. The minimum Gasteiger partial charge on any atom is -0.467 e. The molecular weight excluding hydrogens is 348 g/mol. The summed E-state index contributed by atoms with van der Waals surface area (Å²) in [7, 11) is -0.193. The van der Waals surface area contributed by atoms with Crippen LogP contribution < -0.4 is 0 Å². The third kappa shape index (κ3) is 4.25. The number of carbonyl (C=O) groups excluding carboxylic acids is 1. The average molecular weight is 370 g/mol. The second kappa shape index (κ2) is 7.96. The summed E-state index contributed by atoms with van der Waals surface area (Å²) < 4.78 is 31.5. The van der Waals surface area contributed by atoms with Gasteiger partial charge in [0.1, 0.15) is 9.97 Å². The Morgan fingerprint density at radius 2 is 2.04 bits per heavy atom.